The van der Waals surface area contributed by atoms with Gasteiger partial charge in [0.1, 0.15) is 0 Å². The quantitative estimate of drug-likeness (QED) is 0.735. The molecule has 0 bridgehead atoms. The van der Waals surface area contributed by atoms with E-state index in [1.54, 1.807) is 0 Å². The van der Waals surface area contributed by atoms with E-state index in [4.69, 9.17) is 9.84 Å². The van der Waals surface area contributed by atoms with E-state index in [1.807, 2.05) is 14.0 Å². The zero-order chi connectivity index (χ0) is 13.5. The minimum absolute atomic E-state index is 0.444. The van der Waals surface area contributed by atoms with Crippen LogP contribution in [0.4, 0.5) is 0 Å². The molecule has 1 N–H and O–H groups in total. The maximum atomic E-state index is 11.0. The highest BCUT2D eigenvalue weighted by atomic mass is 16.5. The van der Waals surface area contributed by atoms with Gasteiger partial charge >= 0.3 is 5.97 Å². The van der Waals surface area contributed by atoms with Gasteiger partial charge in [0.2, 0.25) is 0 Å². The number of carbonyl (C=O) groups is 1. The molecule has 1 unspecified atom stereocenters. The van der Waals surface area contributed by atoms with Crippen molar-refractivity contribution in [3.8, 4) is 0 Å². The molecule has 1 fully saturated rings. The molecule has 106 valence electrons. The number of rotatable bonds is 7. The average Bonchev–Trinajstić information content (AvgIpc) is 2.38. The summed E-state index contributed by atoms with van der Waals surface area (Å²) in [5.41, 5.74) is 0. The third-order valence-corrected chi connectivity index (χ3v) is 3.72. The van der Waals surface area contributed by atoms with Crippen LogP contribution in [0, 0.1) is 0 Å². The van der Waals surface area contributed by atoms with Crippen LogP contribution in [-0.2, 0) is 9.53 Å². The molecule has 0 spiro atoms. The van der Waals surface area contributed by atoms with Gasteiger partial charge in [-0.2, -0.15) is 0 Å². The van der Waals surface area contributed by atoms with Gasteiger partial charge in [0.25, 0.3) is 0 Å². The van der Waals surface area contributed by atoms with E-state index in [0.29, 0.717) is 19.2 Å². The number of nitrogens with zero attached hydrogens (tertiary/aromatic N) is 2. The predicted octanol–water partition coefficient (Wildman–Crippen LogP) is 0.892. The van der Waals surface area contributed by atoms with Crippen molar-refractivity contribution in [1.29, 1.82) is 0 Å². The lowest BCUT2D eigenvalue weighted by molar-refractivity contribution is -0.151. The molecule has 1 rings (SSSR count). The second-order valence-corrected chi connectivity index (χ2v) is 4.89. The minimum Gasteiger partial charge on any atom is -0.479 e. The monoisotopic (exact) mass is 258 g/mol. The van der Waals surface area contributed by atoms with Crippen LogP contribution in [0.25, 0.3) is 0 Å². The first-order valence-electron chi connectivity index (χ1n) is 6.85. The van der Waals surface area contributed by atoms with Crippen molar-refractivity contribution in [2.24, 2.45) is 0 Å². The third-order valence-electron chi connectivity index (χ3n) is 3.72. The maximum absolute atomic E-state index is 11.0. The van der Waals surface area contributed by atoms with Crippen LogP contribution in [0.1, 0.15) is 26.7 Å². The van der Waals surface area contributed by atoms with Crippen LogP contribution >= 0.6 is 0 Å². The summed E-state index contributed by atoms with van der Waals surface area (Å²) in [6.45, 7) is 8.25. The molecule has 0 radical (unpaired) electrons. The largest absolute Gasteiger partial charge is 0.479 e. The summed E-state index contributed by atoms with van der Waals surface area (Å²) < 4.78 is 5.26. The van der Waals surface area contributed by atoms with E-state index in [1.165, 1.54) is 0 Å². The van der Waals surface area contributed by atoms with E-state index in [2.05, 4.69) is 16.7 Å². The average molecular weight is 258 g/mol. The molecular formula is C13H26N2O3. The van der Waals surface area contributed by atoms with E-state index in [0.717, 1.165) is 32.5 Å². The highest BCUT2D eigenvalue weighted by Crippen LogP contribution is 2.15. The van der Waals surface area contributed by atoms with Gasteiger partial charge in [0.15, 0.2) is 6.10 Å². The summed E-state index contributed by atoms with van der Waals surface area (Å²) in [4.78, 5) is 15.6. The Morgan fingerprint density at radius 2 is 2.06 bits per heavy atom. The lowest BCUT2D eigenvalue weighted by Crippen LogP contribution is -2.47. The second-order valence-electron chi connectivity index (χ2n) is 4.89. The fraction of sp³-hybridized carbons (Fsp3) is 0.923. The first-order chi connectivity index (χ1) is 8.58. The summed E-state index contributed by atoms with van der Waals surface area (Å²) >= 11 is 0. The van der Waals surface area contributed by atoms with Crippen molar-refractivity contribution >= 4 is 5.97 Å². The number of hydrogen-bond acceptors (Lipinski definition) is 4. The third kappa shape index (κ3) is 4.55. The molecule has 5 nitrogen and oxygen atoms in total. The Kier molecular flexibility index (Phi) is 6.60. The van der Waals surface area contributed by atoms with Crippen LogP contribution in [-0.4, -0.2) is 72.9 Å². The molecule has 0 aromatic heterocycles. The minimum atomic E-state index is -0.866. The smallest absolute Gasteiger partial charge is 0.334 e. The van der Waals surface area contributed by atoms with Gasteiger partial charge in [-0.1, -0.05) is 6.92 Å². The predicted molar refractivity (Wildman–Crippen MR) is 70.8 cm³/mol. The summed E-state index contributed by atoms with van der Waals surface area (Å²) in [5, 5.41) is 9.07. The second kappa shape index (κ2) is 7.71. The number of carboxylic acid groups (broad SMARTS) is 1. The lowest BCUT2D eigenvalue weighted by atomic mass is 10.0. The summed E-state index contributed by atoms with van der Waals surface area (Å²) in [6, 6.07) is 0.482. The first kappa shape index (κ1) is 15.4. The van der Waals surface area contributed by atoms with E-state index in [-0.39, 0.29) is 0 Å². The Hall–Kier alpha value is -0.650. The van der Waals surface area contributed by atoms with Crippen LogP contribution in [0.15, 0.2) is 0 Å². The van der Waals surface area contributed by atoms with Crippen LogP contribution < -0.4 is 0 Å². The van der Waals surface area contributed by atoms with E-state index >= 15 is 0 Å². The van der Waals surface area contributed by atoms with Crippen LogP contribution in [0.5, 0.6) is 0 Å². The number of likely N-dealkylation sites (tertiary alicyclic amines) is 1. The van der Waals surface area contributed by atoms with Gasteiger partial charge in [-0.3, -0.25) is 0 Å². The fourth-order valence-corrected chi connectivity index (χ4v) is 2.49. The SMILES string of the molecule is CCOC(CN(C)C1CCN(CC)CC1)C(=O)O. The number of aliphatic carboxylic acids is 1. The summed E-state index contributed by atoms with van der Waals surface area (Å²) in [7, 11) is 2.00. The summed E-state index contributed by atoms with van der Waals surface area (Å²) in [6.07, 6.45) is 1.52. The molecule has 5 heteroatoms. The number of carboxylic acids is 1. The van der Waals surface area contributed by atoms with Gasteiger partial charge in [-0.15, -0.1) is 0 Å². The van der Waals surface area contributed by atoms with Crippen molar-refractivity contribution in [2.45, 2.75) is 38.8 Å². The van der Waals surface area contributed by atoms with E-state index in [9.17, 15) is 4.79 Å². The Labute approximate surface area is 110 Å². The Morgan fingerprint density at radius 3 is 2.50 bits per heavy atom. The number of piperidine rings is 1. The molecular weight excluding hydrogens is 232 g/mol. The molecule has 1 saturated heterocycles. The Morgan fingerprint density at radius 1 is 1.44 bits per heavy atom. The highest BCUT2D eigenvalue weighted by molar-refractivity contribution is 5.72. The van der Waals surface area contributed by atoms with Gasteiger partial charge < -0.3 is 19.6 Å². The molecule has 0 aliphatic carbocycles. The van der Waals surface area contributed by atoms with Gasteiger partial charge in [-0.25, -0.2) is 4.79 Å². The molecule has 0 amide bonds. The topological polar surface area (TPSA) is 53.0 Å². The van der Waals surface area contributed by atoms with Crippen LogP contribution in [0.2, 0.25) is 0 Å². The molecule has 1 atom stereocenters. The maximum Gasteiger partial charge on any atom is 0.334 e. The van der Waals surface area contributed by atoms with Crippen molar-refractivity contribution in [2.75, 3.05) is 39.8 Å². The first-order valence-corrected chi connectivity index (χ1v) is 6.85. The highest BCUT2D eigenvalue weighted by Gasteiger charge is 2.26. The zero-order valence-corrected chi connectivity index (χ0v) is 11.8. The number of hydrogen-bond donors (Lipinski definition) is 1. The fourth-order valence-electron chi connectivity index (χ4n) is 2.49. The molecule has 1 aliphatic rings. The Bertz CT molecular complexity index is 253. The molecule has 0 saturated carbocycles. The van der Waals surface area contributed by atoms with Crippen LogP contribution in [0.3, 0.4) is 0 Å². The van der Waals surface area contributed by atoms with Crippen molar-refractivity contribution in [3.05, 3.63) is 0 Å². The van der Waals surface area contributed by atoms with Gasteiger partial charge in [0.05, 0.1) is 0 Å². The zero-order valence-electron chi connectivity index (χ0n) is 11.8. The Balaban J connectivity index is 2.39. The molecule has 1 heterocycles. The van der Waals surface area contributed by atoms with Gasteiger partial charge in [-0.05, 0) is 46.4 Å². The number of ether oxygens (including phenoxy) is 1. The lowest BCUT2D eigenvalue weighted by Gasteiger charge is -2.37. The van der Waals surface area contributed by atoms with E-state index < -0.39 is 12.1 Å². The van der Waals surface area contributed by atoms with Crippen molar-refractivity contribution < 1.29 is 14.6 Å². The normalized spacial score (nSPS) is 20.2. The van der Waals surface area contributed by atoms with Crippen molar-refractivity contribution in [3.63, 3.8) is 0 Å². The molecule has 1 aliphatic heterocycles. The van der Waals surface area contributed by atoms with Gasteiger partial charge in [0, 0.05) is 19.2 Å². The summed E-state index contributed by atoms with van der Waals surface area (Å²) in [5.74, 6) is -0.866. The molecule has 18 heavy (non-hydrogen) atoms. The van der Waals surface area contributed by atoms with Crippen molar-refractivity contribution in [1.82, 2.24) is 9.80 Å². The standard InChI is InChI=1S/C13H26N2O3/c1-4-15-8-6-11(7-9-15)14(3)10-12(13(16)17)18-5-2/h11-12H,4-10H2,1-3H3,(H,16,17). The molecule has 0 aromatic carbocycles. The molecule has 0 aromatic rings. The number of likely N-dealkylation sites (N-methyl/N-ethyl adjacent to an activating group) is 1.